The van der Waals surface area contributed by atoms with Crippen molar-refractivity contribution in [2.75, 3.05) is 32.6 Å². The zero-order valence-electron chi connectivity index (χ0n) is 19.1. The third kappa shape index (κ3) is 6.73. The van der Waals surface area contributed by atoms with Crippen molar-refractivity contribution in [3.8, 4) is 22.7 Å². The molecular formula is C22H23ClF5N6O+. The van der Waals surface area contributed by atoms with Crippen molar-refractivity contribution in [2.45, 2.75) is 25.6 Å². The van der Waals surface area contributed by atoms with Crippen LogP contribution >= 0.6 is 11.6 Å². The first-order valence-corrected chi connectivity index (χ1v) is 10.8. The molecule has 0 spiro atoms. The van der Waals surface area contributed by atoms with Crippen LogP contribution in [0.4, 0.5) is 27.6 Å². The lowest BCUT2D eigenvalue weighted by Gasteiger charge is -2.21. The molecule has 0 saturated heterocycles. The first-order valence-electron chi connectivity index (χ1n) is 10.5. The molecule has 188 valence electrons. The number of alkyl halides is 3. The monoisotopic (exact) mass is 517 g/mol. The summed E-state index contributed by atoms with van der Waals surface area (Å²) in [6, 6.07) is -0.170. The van der Waals surface area contributed by atoms with Gasteiger partial charge in [-0.05, 0) is 32.4 Å². The number of anilines is 1. The van der Waals surface area contributed by atoms with E-state index in [0.717, 1.165) is 29.9 Å². The molecule has 35 heavy (non-hydrogen) atoms. The number of halogens is 6. The highest BCUT2D eigenvalue weighted by atomic mass is 35.5. The van der Waals surface area contributed by atoms with Crippen LogP contribution in [-0.2, 0) is 0 Å². The van der Waals surface area contributed by atoms with Gasteiger partial charge in [-0.25, -0.2) is 8.78 Å². The van der Waals surface area contributed by atoms with Crippen molar-refractivity contribution in [2.24, 2.45) is 0 Å². The quantitative estimate of drug-likeness (QED) is 0.257. The molecule has 1 atom stereocenters. The fourth-order valence-corrected chi connectivity index (χ4v) is 3.38. The molecule has 7 nitrogen and oxygen atoms in total. The van der Waals surface area contributed by atoms with Crippen LogP contribution in [0.2, 0.25) is 5.15 Å². The van der Waals surface area contributed by atoms with Gasteiger partial charge in [0, 0.05) is 18.7 Å². The van der Waals surface area contributed by atoms with Crippen LogP contribution in [-0.4, -0.2) is 59.4 Å². The van der Waals surface area contributed by atoms with E-state index in [1.165, 1.54) is 18.6 Å². The average Bonchev–Trinajstić information content (AvgIpc) is 2.77. The summed E-state index contributed by atoms with van der Waals surface area (Å²) in [7, 11) is 3.76. The molecule has 2 heterocycles. The van der Waals surface area contributed by atoms with Gasteiger partial charge in [0.1, 0.15) is 35.8 Å². The normalized spacial score (nSPS) is 12.6. The van der Waals surface area contributed by atoms with E-state index in [9.17, 15) is 13.2 Å². The summed E-state index contributed by atoms with van der Waals surface area (Å²) in [5, 5.41) is 5.80. The summed E-state index contributed by atoms with van der Waals surface area (Å²) in [6.07, 6.45) is 1.11. The Balaban J connectivity index is 2.05. The fourth-order valence-electron chi connectivity index (χ4n) is 3.10. The van der Waals surface area contributed by atoms with E-state index >= 15 is 8.78 Å². The molecular weight excluding hydrogens is 495 g/mol. The van der Waals surface area contributed by atoms with Crippen molar-refractivity contribution in [3.63, 3.8) is 0 Å². The number of hydrogen-bond acceptors (Lipinski definition) is 6. The summed E-state index contributed by atoms with van der Waals surface area (Å²) in [5.74, 6) is -2.08. The molecule has 0 unspecified atom stereocenters. The number of rotatable bonds is 9. The first kappa shape index (κ1) is 26.5. The van der Waals surface area contributed by atoms with E-state index < -0.39 is 34.6 Å². The van der Waals surface area contributed by atoms with Gasteiger partial charge in [0.15, 0.2) is 11.3 Å². The number of nitrogens with one attached hydrogen (secondary N) is 1. The van der Waals surface area contributed by atoms with E-state index in [1.807, 2.05) is 19.0 Å². The Bertz CT molecular complexity index is 1140. The third-order valence-corrected chi connectivity index (χ3v) is 5.12. The van der Waals surface area contributed by atoms with Crippen LogP contribution in [0.25, 0.3) is 16.9 Å². The predicted octanol–water partition coefficient (Wildman–Crippen LogP) is 4.44. The predicted molar refractivity (Wildman–Crippen MR) is 120 cm³/mol. The van der Waals surface area contributed by atoms with Crippen LogP contribution < -0.4 is 14.7 Å². The second-order valence-electron chi connectivity index (χ2n) is 7.89. The molecule has 3 aromatic rings. The Morgan fingerprint density at radius 1 is 1.14 bits per heavy atom. The van der Waals surface area contributed by atoms with Gasteiger partial charge in [-0.15, -0.1) is 0 Å². The highest BCUT2D eigenvalue weighted by Gasteiger charge is 2.37. The molecule has 0 aliphatic heterocycles. The number of ether oxygens (including phenoxy) is 1. The topological polar surface area (TPSA) is 67.0 Å². The Kier molecular flexibility index (Phi) is 8.39. The minimum absolute atomic E-state index is 0.0599. The van der Waals surface area contributed by atoms with Crippen LogP contribution in [0.1, 0.15) is 13.3 Å². The summed E-state index contributed by atoms with van der Waals surface area (Å²) >= 11 is 6.26. The van der Waals surface area contributed by atoms with E-state index in [0.29, 0.717) is 13.0 Å². The highest BCUT2D eigenvalue weighted by molar-refractivity contribution is 6.32. The molecule has 2 aromatic heterocycles. The molecule has 1 N–H and O–H groups in total. The van der Waals surface area contributed by atoms with E-state index in [2.05, 4.69) is 20.4 Å². The zero-order valence-corrected chi connectivity index (χ0v) is 19.8. The Morgan fingerprint density at radius 3 is 2.40 bits per heavy atom. The molecule has 0 radical (unpaired) electrons. The molecule has 0 aliphatic carbocycles. The molecule has 0 aliphatic rings. The lowest BCUT2D eigenvalue weighted by molar-refractivity contribution is -0.662. The zero-order chi connectivity index (χ0) is 25.8. The van der Waals surface area contributed by atoms with Gasteiger partial charge in [-0.2, -0.15) is 13.2 Å². The molecule has 0 bridgehead atoms. The third-order valence-electron chi connectivity index (χ3n) is 4.85. The van der Waals surface area contributed by atoms with Crippen LogP contribution in [0.3, 0.4) is 0 Å². The van der Waals surface area contributed by atoms with Gasteiger partial charge < -0.3 is 15.0 Å². The lowest BCUT2D eigenvalue weighted by Crippen LogP contribution is -2.39. The van der Waals surface area contributed by atoms with Gasteiger partial charge in [0.25, 0.3) is 0 Å². The van der Waals surface area contributed by atoms with Crippen molar-refractivity contribution < 1.29 is 31.4 Å². The number of nitrogens with zero attached hydrogens (tertiary/aromatic N) is 5. The standard InChI is InChI=1S/C22H23ClF5N6O/c1-13(22(26,27)28)31-17-12-34(18-11-29-5-6-30-18)32-21(23)20(17)19-15(24)9-14(10-16(19)25)35-8-4-7-33(2)3/h5-6,9-13H,4,7-8H2,1-3H3,(H,31,32)/q+1/t13-/m0/s1. The summed E-state index contributed by atoms with van der Waals surface area (Å²) in [4.78, 5) is 9.82. The van der Waals surface area contributed by atoms with E-state index in [1.54, 1.807) is 0 Å². The highest BCUT2D eigenvalue weighted by Crippen LogP contribution is 2.39. The van der Waals surface area contributed by atoms with E-state index in [4.69, 9.17) is 16.3 Å². The average molecular weight is 518 g/mol. The van der Waals surface area contributed by atoms with Gasteiger partial charge in [-0.3, -0.25) is 4.98 Å². The summed E-state index contributed by atoms with van der Waals surface area (Å²) in [6.45, 7) is 1.80. The summed E-state index contributed by atoms with van der Waals surface area (Å²) < 4.78 is 76.5. The maximum absolute atomic E-state index is 15.1. The number of aromatic nitrogens is 4. The van der Waals surface area contributed by atoms with Crippen molar-refractivity contribution in [3.05, 3.63) is 53.7 Å². The summed E-state index contributed by atoms with van der Waals surface area (Å²) in [5.41, 5.74) is -1.33. The Hall–Kier alpha value is -3.12. The molecule has 0 amide bonds. The molecule has 0 saturated carbocycles. The largest absolute Gasteiger partial charge is 0.493 e. The Labute approximate surface area is 203 Å². The van der Waals surface area contributed by atoms with Gasteiger partial charge in [0.2, 0.25) is 0 Å². The SMILES string of the molecule is C[C@H](Nc1c[n+](-c2cnccn2)nc(Cl)c1-c1c(F)cc(OCCCN(C)C)cc1F)C(F)(F)F. The molecule has 13 heteroatoms. The maximum Gasteiger partial charge on any atom is 0.408 e. The van der Waals surface area contributed by atoms with E-state index in [-0.39, 0.29) is 29.4 Å². The minimum Gasteiger partial charge on any atom is -0.493 e. The molecule has 1 aromatic carbocycles. The van der Waals surface area contributed by atoms with Crippen molar-refractivity contribution in [1.82, 2.24) is 20.0 Å². The van der Waals surface area contributed by atoms with Crippen molar-refractivity contribution >= 4 is 17.3 Å². The number of benzene rings is 1. The van der Waals surface area contributed by atoms with Gasteiger partial charge in [0.05, 0.1) is 29.6 Å². The molecule has 0 fully saturated rings. The maximum atomic E-state index is 15.1. The second kappa shape index (κ2) is 11.1. The fraction of sp³-hybridized carbons (Fsp3) is 0.364. The smallest absolute Gasteiger partial charge is 0.408 e. The lowest BCUT2D eigenvalue weighted by atomic mass is 10.0. The molecule has 3 rings (SSSR count). The number of hydrogen-bond donors (Lipinski definition) is 1. The second-order valence-corrected chi connectivity index (χ2v) is 8.25. The first-order chi connectivity index (χ1) is 16.5. The minimum atomic E-state index is -4.65. The van der Waals surface area contributed by atoms with Crippen LogP contribution in [0, 0.1) is 11.6 Å². The van der Waals surface area contributed by atoms with Crippen LogP contribution in [0.15, 0.2) is 36.9 Å². The Morgan fingerprint density at radius 2 is 1.83 bits per heavy atom. The van der Waals surface area contributed by atoms with Gasteiger partial charge >= 0.3 is 12.0 Å². The van der Waals surface area contributed by atoms with Crippen molar-refractivity contribution in [1.29, 1.82) is 0 Å². The van der Waals surface area contributed by atoms with Crippen LogP contribution in [0.5, 0.6) is 5.75 Å². The van der Waals surface area contributed by atoms with Gasteiger partial charge in [-0.1, -0.05) is 21.4 Å².